The van der Waals surface area contributed by atoms with Gasteiger partial charge in [0, 0.05) is 0 Å². The lowest BCUT2D eigenvalue weighted by molar-refractivity contribution is -0.123. The number of aromatic nitrogens is 2. The Kier molecular flexibility index (Phi) is 5.93. The molecule has 2 rings (SSSR count). The standard InChI is InChI=1S/C15H12N4O4S2/c20-10-8(11(21)17-14(24)16-10)6-4-2-1-3-5-7-9-12(22)18-15(25)19-13(9)23/h1-7H,(H2,16,17,20,21,24)(H3,18,19,22,23,25)/b3-1+,4-2+,7-5+. The van der Waals surface area contributed by atoms with E-state index in [1.807, 2.05) is 0 Å². The van der Waals surface area contributed by atoms with Crippen molar-refractivity contribution in [2.45, 2.75) is 0 Å². The summed E-state index contributed by atoms with van der Waals surface area (Å²) >= 11 is 9.40. The van der Waals surface area contributed by atoms with Gasteiger partial charge in [0.05, 0.1) is 5.56 Å². The van der Waals surface area contributed by atoms with Crippen molar-refractivity contribution in [1.29, 1.82) is 0 Å². The minimum Gasteiger partial charge on any atom is -0.494 e. The Labute approximate surface area is 151 Å². The van der Waals surface area contributed by atoms with Crippen molar-refractivity contribution in [3.63, 3.8) is 0 Å². The fourth-order valence-electron chi connectivity index (χ4n) is 1.76. The quantitative estimate of drug-likeness (QED) is 0.228. The number of rotatable bonds is 4. The van der Waals surface area contributed by atoms with Crippen LogP contribution in [0.2, 0.25) is 0 Å². The molecule has 128 valence electrons. The normalized spacial score (nSPS) is 15.2. The first-order valence-corrected chi connectivity index (χ1v) is 7.64. The summed E-state index contributed by atoms with van der Waals surface area (Å²) in [6.07, 6.45) is 10.5. The van der Waals surface area contributed by atoms with Crippen molar-refractivity contribution < 1.29 is 14.7 Å². The van der Waals surface area contributed by atoms with Gasteiger partial charge in [0.15, 0.2) is 9.88 Å². The van der Waals surface area contributed by atoms with E-state index < -0.39 is 17.4 Å². The topological polar surface area (TPSA) is 127 Å². The van der Waals surface area contributed by atoms with Crippen LogP contribution in [0.15, 0.2) is 46.8 Å². The van der Waals surface area contributed by atoms with Gasteiger partial charge in [-0.1, -0.05) is 30.4 Å². The van der Waals surface area contributed by atoms with Gasteiger partial charge in [-0.3, -0.25) is 30.0 Å². The molecule has 0 aromatic carbocycles. The predicted molar refractivity (Wildman–Crippen MR) is 98.2 cm³/mol. The van der Waals surface area contributed by atoms with E-state index in [4.69, 9.17) is 12.2 Å². The average molecular weight is 376 g/mol. The second-order valence-corrected chi connectivity index (χ2v) is 5.43. The maximum Gasteiger partial charge on any atom is 0.263 e. The number of H-pyrrole nitrogens is 2. The molecule has 10 heteroatoms. The van der Waals surface area contributed by atoms with Crippen molar-refractivity contribution >= 4 is 47.4 Å². The summed E-state index contributed by atoms with van der Waals surface area (Å²) in [4.78, 5) is 39.5. The molecule has 0 aliphatic carbocycles. The molecule has 8 nitrogen and oxygen atoms in total. The van der Waals surface area contributed by atoms with E-state index in [0.717, 1.165) is 0 Å². The molecule has 0 spiro atoms. The van der Waals surface area contributed by atoms with E-state index >= 15 is 0 Å². The van der Waals surface area contributed by atoms with Crippen molar-refractivity contribution in [2.75, 3.05) is 0 Å². The summed E-state index contributed by atoms with van der Waals surface area (Å²) in [6, 6.07) is 0. The van der Waals surface area contributed by atoms with Gasteiger partial charge in [0.25, 0.3) is 17.4 Å². The number of carbonyl (C=O) groups excluding carboxylic acids is 2. The molecule has 1 fully saturated rings. The third kappa shape index (κ3) is 4.93. The highest BCUT2D eigenvalue weighted by Crippen LogP contribution is 2.08. The van der Waals surface area contributed by atoms with Crippen LogP contribution in [-0.2, 0) is 9.59 Å². The number of hydrogen-bond donors (Lipinski definition) is 5. The van der Waals surface area contributed by atoms with Crippen LogP contribution in [0.3, 0.4) is 0 Å². The zero-order chi connectivity index (χ0) is 18.4. The van der Waals surface area contributed by atoms with E-state index in [2.05, 4.69) is 32.8 Å². The molecule has 0 atom stereocenters. The number of aromatic amines is 2. The van der Waals surface area contributed by atoms with Crippen LogP contribution in [0.5, 0.6) is 5.88 Å². The molecule has 1 saturated heterocycles. The summed E-state index contributed by atoms with van der Waals surface area (Å²) in [5, 5.41) is 14.2. The molecule has 0 bridgehead atoms. The third-order valence-corrected chi connectivity index (χ3v) is 3.28. The van der Waals surface area contributed by atoms with E-state index in [9.17, 15) is 19.5 Å². The smallest absolute Gasteiger partial charge is 0.263 e. The van der Waals surface area contributed by atoms with E-state index in [-0.39, 0.29) is 26.9 Å². The van der Waals surface area contributed by atoms with Crippen LogP contribution < -0.4 is 16.2 Å². The minimum atomic E-state index is -0.571. The van der Waals surface area contributed by atoms with Gasteiger partial charge in [-0.25, -0.2) is 0 Å². The number of amides is 2. The summed E-state index contributed by atoms with van der Waals surface area (Å²) in [5.41, 5.74) is -0.543. The van der Waals surface area contributed by atoms with E-state index in [1.54, 1.807) is 18.2 Å². The Morgan fingerprint density at radius 2 is 1.44 bits per heavy atom. The zero-order valence-electron chi connectivity index (χ0n) is 12.5. The molecule has 1 aliphatic heterocycles. The van der Waals surface area contributed by atoms with Crippen LogP contribution >= 0.6 is 24.4 Å². The summed E-state index contributed by atoms with van der Waals surface area (Å²) < 4.78 is 0.0303. The Bertz CT molecular complexity index is 944. The maximum absolute atomic E-state index is 11.6. The van der Waals surface area contributed by atoms with Crippen molar-refractivity contribution in [2.24, 2.45) is 0 Å². The van der Waals surface area contributed by atoms with Gasteiger partial charge < -0.3 is 10.1 Å². The van der Waals surface area contributed by atoms with Gasteiger partial charge >= 0.3 is 0 Å². The van der Waals surface area contributed by atoms with Crippen molar-refractivity contribution in [1.82, 2.24) is 20.6 Å². The Balaban J connectivity index is 2.01. The molecule has 1 aliphatic rings. The largest absolute Gasteiger partial charge is 0.494 e. The molecule has 1 aromatic heterocycles. The number of hydrogen-bond acceptors (Lipinski definition) is 6. The van der Waals surface area contributed by atoms with E-state index in [1.165, 1.54) is 24.3 Å². The lowest BCUT2D eigenvalue weighted by Crippen LogP contribution is -2.51. The Hall–Kier alpha value is -3.11. The van der Waals surface area contributed by atoms with Gasteiger partial charge in [0.2, 0.25) is 5.88 Å². The molecule has 0 saturated carbocycles. The second kappa shape index (κ2) is 8.13. The maximum atomic E-state index is 11.6. The molecular weight excluding hydrogens is 364 g/mol. The van der Waals surface area contributed by atoms with Crippen LogP contribution in [0.1, 0.15) is 5.56 Å². The first-order valence-electron chi connectivity index (χ1n) is 6.82. The highest BCUT2D eigenvalue weighted by molar-refractivity contribution is 7.80. The van der Waals surface area contributed by atoms with Gasteiger partial charge in [-0.05, 0) is 36.6 Å². The third-order valence-electron chi connectivity index (χ3n) is 2.87. The van der Waals surface area contributed by atoms with E-state index in [0.29, 0.717) is 0 Å². The summed E-state index contributed by atoms with van der Waals surface area (Å²) in [6.45, 7) is 0. The number of carbonyl (C=O) groups is 2. The summed E-state index contributed by atoms with van der Waals surface area (Å²) in [5.74, 6) is -1.47. The number of aromatic hydroxyl groups is 1. The Morgan fingerprint density at radius 3 is 2.08 bits per heavy atom. The van der Waals surface area contributed by atoms with Crippen molar-refractivity contribution in [3.8, 4) is 5.88 Å². The Morgan fingerprint density at radius 1 is 0.840 bits per heavy atom. The molecule has 0 unspecified atom stereocenters. The molecule has 2 heterocycles. The van der Waals surface area contributed by atoms with Crippen LogP contribution in [-0.4, -0.2) is 32.0 Å². The van der Waals surface area contributed by atoms with Crippen LogP contribution in [0.25, 0.3) is 6.08 Å². The first-order chi connectivity index (χ1) is 11.9. The number of nitrogens with one attached hydrogen (secondary N) is 4. The summed E-state index contributed by atoms with van der Waals surface area (Å²) in [7, 11) is 0. The zero-order valence-corrected chi connectivity index (χ0v) is 14.2. The molecule has 5 N–H and O–H groups in total. The van der Waals surface area contributed by atoms with Gasteiger partial charge in [-0.2, -0.15) is 0 Å². The fraction of sp³-hybridized carbons (Fsp3) is 0. The SMILES string of the molecule is O=C1NC(=S)NC(=O)C1=C/C=C/C=C/C=C/c1c(O)[nH]c(=S)[nH]c1=O. The highest BCUT2D eigenvalue weighted by Gasteiger charge is 2.24. The second-order valence-electron chi connectivity index (χ2n) is 4.62. The molecule has 2 amide bonds. The number of thiocarbonyl (C=S) groups is 1. The molecule has 25 heavy (non-hydrogen) atoms. The predicted octanol–water partition coefficient (Wildman–Crippen LogP) is 0.721. The first kappa shape index (κ1) is 18.2. The van der Waals surface area contributed by atoms with Crippen LogP contribution in [0.4, 0.5) is 0 Å². The highest BCUT2D eigenvalue weighted by atomic mass is 32.1. The lowest BCUT2D eigenvalue weighted by Gasteiger charge is -2.15. The molecule has 1 aromatic rings. The minimum absolute atomic E-state index is 0.0271. The number of allylic oxidation sites excluding steroid dienone is 6. The van der Waals surface area contributed by atoms with Crippen LogP contribution in [0, 0.1) is 4.77 Å². The van der Waals surface area contributed by atoms with Crippen molar-refractivity contribution in [3.05, 3.63) is 62.7 Å². The molecule has 0 radical (unpaired) electrons. The van der Waals surface area contributed by atoms with Gasteiger partial charge in [0.1, 0.15) is 5.57 Å². The average Bonchev–Trinajstić information content (AvgIpc) is 2.50. The monoisotopic (exact) mass is 376 g/mol. The van der Waals surface area contributed by atoms with Gasteiger partial charge in [-0.15, -0.1) is 0 Å². The lowest BCUT2D eigenvalue weighted by atomic mass is 10.2. The fourth-order valence-corrected chi connectivity index (χ4v) is 2.14. The molecular formula is C15H12N4O4S2.